The van der Waals surface area contributed by atoms with Crippen molar-refractivity contribution >= 4 is 27.1 Å². The average molecular weight is 518 g/mol. The molecule has 2 aromatic heterocycles. The van der Waals surface area contributed by atoms with Crippen LogP contribution in [0.4, 0.5) is 24.7 Å². The molecule has 0 spiro atoms. The van der Waals surface area contributed by atoms with E-state index in [4.69, 9.17) is 4.78 Å². The zero-order chi connectivity index (χ0) is 26.1. The fourth-order valence-electron chi connectivity index (χ4n) is 4.18. The Bertz CT molecular complexity index is 1400. The highest BCUT2D eigenvalue weighted by Crippen LogP contribution is 2.34. The first-order valence-corrected chi connectivity index (χ1v) is 13.3. The van der Waals surface area contributed by atoms with Gasteiger partial charge in [-0.15, -0.1) is 0 Å². The molecule has 0 radical (unpaired) electrons. The van der Waals surface area contributed by atoms with Crippen LogP contribution in [0.5, 0.6) is 0 Å². The minimum absolute atomic E-state index is 0.0279. The highest BCUT2D eigenvalue weighted by atomic mass is 32.2. The van der Waals surface area contributed by atoms with Crippen LogP contribution in [0.15, 0.2) is 53.7 Å². The van der Waals surface area contributed by atoms with E-state index in [9.17, 15) is 22.2 Å². The fraction of sp³-hybridized carbons (Fsp3) is 0.320. The summed E-state index contributed by atoms with van der Waals surface area (Å²) in [5.74, 6) is -3.57. The van der Waals surface area contributed by atoms with Crippen LogP contribution in [0.3, 0.4) is 0 Å². The maximum absolute atomic E-state index is 14.0. The molecule has 1 unspecified atom stereocenters. The molecule has 1 aliphatic heterocycles. The highest BCUT2D eigenvalue weighted by Gasteiger charge is 2.33. The van der Waals surface area contributed by atoms with E-state index in [2.05, 4.69) is 15.3 Å². The zero-order valence-corrected chi connectivity index (χ0v) is 20.7. The van der Waals surface area contributed by atoms with Gasteiger partial charge >= 0.3 is 0 Å². The van der Waals surface area contributed by atoms with Gasteiger partial charge in [0.1, 0.15) is 11.6 Å². The number of anilines is 2. The lowest BCUT2D eigenvalue weighted by Gasteiger charge is -2.26. The Morgan fingerprint density at radius 1 is 1.14 bits per heavy atom. The van der Waals surface area contributed by atoms with Crippen LogP contribution in [0, 0.1) is 17.5 Å². The summed E-state index contributed by atoms with van der Waals surface area (Å²) >= 11 is 0. The van der Waals surface area contributed by atoms with E-state index < -0.39 is 27.4 Å². The number of aromatic nitrogens is 2. The average Bonchev–Trinajstić information content (AvgIpc) is 2.99. The molecule has 7 nitrogen and oxygen atoms in total. The van der Waals surface area contributed by atoms with Gasteiger partial charge in [0.05, 0.1) is 27.2 Å². The van der Waals surface area contributed by atoms with Gasteiger partial charge in [-0.1, -0.05) is 6.07 Å². The number of amides is 1. The lowest BCUT2D eigenvalue weighted by Crippen LogP contribution is -2.30. The third-order valence-corrected chi connectivity index (χ3v) is 7.26. The van der Waals surface area contributed by atoms with Crippen LogP contribution in [0.25, 0.3) is 11.3 Å². The number of pyridine rings is 2. The van der Waals surface area contributed by atoms with Gasteiger partial charge < -0.3 is 10.2 Å². The molecule has 1 fully saturated rings. The second-order valence-electron chi connectivity index (χ2n) is 8.88. The second-order valence-corrected chi connectivity index (χ2v) is 11.0. The minimum Gasteiger partial charge on any atom is -0.356 e. The molecular formula is C25H26F3N5O2S. The Balaban J connectivity index is 1.78. The lowest BCUT2D eigenvalue weighted by atomic mass is 10.0. The van der Waals surface area contributed by atoms with E-state index in [1.807, 2.05) is 0 Å². The Kier molecular flexibility index (Phi) is 7.03. The maximum Gasteiger partial charge on any atom is 0.259 e. The summed E-state index contributed by atoms with van der Waals surface area (Å²) in [6.45, 7) is 2.04. The smallest absolute Gasteiger partial charge is 0.259 e. The van der Waals surface area contributed by atoms with Gasteiger partial charge in [0.2, 0.25) is 5.92 Å². The van der Waals surface area contributed by atoms with Gasteiger partial charge in [0, 0.05) is 54.5 Å². The number of carbonyl (C=O) groups excluding carboxylic acids is 1. The molecule has 2 N–H and O–H groups in total. The van der Waals surface area contributed by atoms with Gasteiger partial charge in [0.15, 0.2) is 0 Å². The minimum atomic E-state index is -3.00. The quantitative estimate of drug-likeness (QED) is 0.465. The van der Waals surface area contributed by atoms with E-state index >= 15 is 0 Å². The Morgan fingerprint density at radius 3 is 2.61 bits per heavy atom. The predicted octanol–water partition coefficient (Wildman–Crippen LogP) is 5.50. The van der Waals surface area contributed by atoms with E-state index in [-0.39, 0.29) is 42.1 Å². The standard InChI is InChI=1S/C25H26F3N5O2S/c1-16-20(21-8-7-17(26)14-30-21)15-31-23(33-11-4-9-25(27,28)10-12-33)22(16)24(34)32-18-5-3-6-19(13-18)36(2,29)35/h3,5-8,13-15,29H,4,9-12H2,1-2H3,(H,32,34). The molecule has 0 saturated carbocycles. The lowest BCUT2D eigenvalue weighted by molar-refractivity contribution is -0.0102. The summed E-state index contributed by atoms with van der Waals surface area (Å²) < 4.78 is 61.5. The van der Waals surface area contributed by atoms with Crippen molar-refractivity contribution in [3.63, 3.8) is 0 Å². The number of halogens is 3. The Hall–Kier alpha value is -3.47. The largest absolute Gasteiger partial charge is 0.356 e. The number of rotatable bonds is 5. The van der Waals surface area contributed by atoms with Crippen molar-refractivity contribution in [3.8, 4) is 11.3 Å². The third kappa shape index (κ3) is 5.67. The zero-order valence-electron chi connectivity index (χ0n) is 19.9. The maximum atomic E-state index is 14.0. The van der Waals surface area contributed by atoms with E-state index in [1.165, 1.54) is 30.7 Å². The van der Waals surface area contributed by atoms with Gasteiger partial charge in [-0.3, -0.25) is 9.78 Å². The predicted molar refractivity (Wildman–Crippen MR) is 133 cm³/mol. The van der Waals surface area contributed by atoms with E-state index in [0.29, 0.717) is 29.1 Å². The molecule has 1 saturated heterocycles. The number of benzene rings is 1. The van der Waals surface area contributed by atoms with Crippen molar-refractivity contribution in [2.45, 2.75) is 37.0 Å². The van der Waals surface area contributed by atoms with Crippen LogP contribution >= 0.6 is 0 Å². The first kappa shape index (κ1) is 25.6. The van der Waals surface area contributed by atoms with Crippen molar-refractivity contribution in [1.82, 2.24) is 9.97 Å². The van der Waals surface area contributed by atoms with Gasteiger partial charge in [-0.05, 0) is 49.2 Å². The molecule has 0 bridgehead atoms. The molecule has 4 rings (SSSR count). The molecule has 3 heterocycles. The summed E-state index contributed by atoms with van der Waals surface area (Å²) in [5.41, 5.74) is 1.92. The summed E-state index contributed by atoms with van der Waals surface area (Å²) in [6, 6.07) is 8.93. The van der Waals surface area contributed by atoms with Crippen LogP contribution < -0.4 is 10.2 Å². The first-order valence-electron chi connectivity index (χ1n) is 11.3. The number of nitrogens with one attached hydrogen (secondary N) is 2. The molecule has 1 atom stereocenters. The van der Waals surface area contributed by atoms with Crippen molar-refractivity contribution in [2.24, 2.45) is 0 Å². The third-order valence-electron chi connectivity index (χ3n) is 6.11. The molecule has 1 aliphatic rings. The topological polar surface area (TPSA) is 99.0 Å². The molecule has 0 aliphatic carbocycles. The molecule has 190 valence electrons. The van der Waals surface area contributed by atoms with Crippen molar-refractivity contribution in [2.75, 3.05) is 29.6 Å². The second kappa shape index (κ2) is 9.88. The van der Waals surface area contributed by atoms with E-state index in [1.54, 1.807) is 30.0 Å². The number of alkyl halides is 2. The Labute approximate surface area is 207 Å². The summed E-state index contributed by atoms with van der Waals surface area (Å²) in [7, 11) is -3.00. The molecule has 36 heavy (non-hydrogen) atoms. The molecular weight excluding hydrogens is 491 g/mol. The van der Waals surface area contributed by atoms with Crippen molar-refractivity contribution in [3.05, 3.63) is 65.7 Å². The summed E-state index contributed by atoms with van der Waals surface area (Å²) in [6.07, 6.45) is 3.51. The van der Waals surface area contributed by atoms with Crippen molar-refractivity contribution < 1.29 is 22.2 Å². The fourth-order valence-corrected chi connectivity index (χ4v) is 4.87. The Morgan fingerprint density at radius 2 is 1.92 bits per heavy atom. The number of nitrogens with zero attached hydrogens (tertiary/aromatic N) is 3. The summed E-state index contributed by atoms with van der Waals surface area (Å²) in [4.78, 5) is 24.1. The van der Waals surface area contributed by atoms with Crippen LogP contribution in [0.1, 0.15) is 35.2 Å². The first-order chi connectivity index (χ1) is 16.9. The van der Waals surface area contributed by atoms with Crippen LogP contribution in [0.2, 0.25) is 0 Å². The number of hydrogen-bond donors (Lipinski definition) is 2. The molecule has 3 aromatic rings. The molecule has 1 amide bonds. The van der Waals surface area contributed by atoms with E-state index in [0.717, 1.165) is 6.20 Å². The molecule has 11 heteroatoms. The van der Waals surface area contributed by atoms with Gasteiger partial charge in [-0.25, -0.2) is 27.1 Å². The normalized spacial score (nSPS) is 17.2. The van der Waals surface area contributed by atoms with Crippen LogP contribution in [-0.4, -0.2) is 45.4 Å². The SMILES string of the molecule is Cc1c(-c2ccc(F)cn2)cnc(N2CCCC(F)(F)CC2)c1C(=O)Nc1cccc(S(C)(=N)=O)c1. The number of hydrogen-bond acceptors (Lipinski definition) is 6. The van der Waals surface area contributed by atoms with Gasteiger partial charge in [-0.2, -0.15) is 0 Å². The molecule has 1 aromatic carbocycles. The van der Waals surface area contributed by atoms with Crippen molar-refractivity contribution in [1.29, 1.82) is 4.78 Å². The monoisotopic (exact) mass is 517 g/mol. The summed E-state index contributed by atoms with van der Waals surface area (Å²) in [5, 5.41) is 2.77. The van der Waals surface area contributed by atoms with Gasteiger partial charge in [0.25, 0.3) is 5.91 Å². The van der Waals surface area contributed by atoms with Crippen LogP contribution in [-0.2, 0) is 9.73 Å². The highest BCUT2D eigenvalue weighted by molar-refractivity contribution is 7.91. The number of carbonyl (C=O) groups is 1.